The molecule has 0 atom stereocenters. The lowest BCUT2D eigenvalue weighted by atomic mass is 10.4. The molecule has 0 aliphatic heterocycles. The Morgan fingerprint density at radius 3 is 2.70 bits per heavy atom. The molecule has 1 aromatic rings. The summed E-state index contributed by atoms with van der Waals surface area (Å²) in [4.78, 5) is 6.15. The van der Waals surface area contributed by atoms with Gasteiger partial charge in [-0.25, -0.2) is 13.1 Å². The Kier molecular flexibility index (Phi) is 6.90. The van der Waals surface area contributed by atoms with Gasteiger partial charge < -0.3 is 10.2 Å². The Bertz CT molecular complexity index is 505. The van der Waals surface area contributed by atoms with E-state index >= 15 is 0 Å². The number of sulfonamides is 1. The minimum atomic E-state index is -3.53. The smallest absolute Gasteiger partial charge is 0.244 e. The zero-order valence-corrected chi connectivity index (χ0v) is 13.2. The van der Waals surface area contributed by atoms with Crippen molar-refractivity contribution in [3.05, 3.63) is 18.5 Å². The zero-order chi connectivity index (χ0) is 15.0. The van der Waals surface area contributed by atoms with Gasteiger partial charge in [0.25, 0.3) is 0 Å². The van der Waals surface area contributed by atoms with Gasteiger partial charge in [0.05, 0.1) is 5.69 Å². The second-order valence-corrected chi connectivity index (χ2v) is 6.33. The Hall–Kier alpha value is -1.18. The van der Waals surface area contributed by atoms with Crippen molar-refractivity contribution in [3.8, 4) is 0 Å². The standard InChI is InChI=1S/C13H24N4O2S/c1-4-7-15-12-6-8-14-11-13(12)20(18,19)16-9-10-17(3)5-2/h6,8,11,16H,4-5,7,9-10H2,1-3H3,(H,14,15). The summed E-state index contributed by atoms with van der Waals surface area (Å²) in [6.45, 7) is 6.73. The van der Waals surface area contributed by atoms with Crippen LogP contribution < -0.4 is 10.0 Å². The van der Waals surface area contributed by atoms with Crippen molar-refractivity contribution in [1.82, 2.24) is 14.6 Å². The summed E-state index contributed by atoms with van der Waals surface area (Å²) in [5.74, 6) is 0. The quantitative estimate of drug-likeness (QED) is 0.715. The Balaban J connectivity index is 2.76. The highest BCUT2D eigenvalue weighted by Crippen LogP contribution is 2.19. The maximum Gasteiger partial charge on any atom is 0.244 e. The summed E-state index contributed by atoms with van der Waals surface area (Å²) in [6, 6.07) is 1.68. The first-order valence-corrected chi connectivity index (χ1v) is 8.35. The number of nitrogens with zero attached hydrogens (tertiary/aromatic N) is 2. The predicted octanol–water partition coefficient (Wildman–Crippen LogP) is 1.13. The van der Waals surface area contributed by atoms with Crippen LogP contribution in [-0.4, -0.2) is 51.5 Å². The van der Waals surface area contributed by atoms with E-state index in [2.05, 4.69) is 15.0 Å². The van der Waals surface area contributed by atoms with E-state index in [4.69, 9.17) is 0 Å². The fourth-order valence-corrected chi connectivity index (χ4v) is 2.75. The van der Waals surface area contributed by atoms with E-state index in [1.807, 2.05) is 25.8 Å². The van der Waals surface area contributed by atoms with Crippen LogP contribution in [0, 0.1) is 0 Å². The lowest BCUT2D eigenvalue weighted by Crippen LogP contribution is -2.33. The van der Waals surface area contributed by atoms with E-state index < -0.39 is 10.0 Å². The number of aromatic nitrogens is 1. The SMILES string of the molecule is CCCNc1ccncc1S(=O)(=O)NCCN(C)CC. The average Bonchev–Trinajstić information content (AvgIpc) is 2.45. The molecule has 0 saturated heterocycles. The maximum atomic E-state index is 12.3. The van der Waals surface area contributed by atoms with Crippen LogP contribution in [-0.2, 0) is 10.0 Å². The van der Waals surface area contributed by atoms with Crippen LogP contribution in [0.2, 0.25) is 0 Å². The average molecular weight is 300 g/mol. The Morgan fingerprint density at radius 2 is 2.05 bits per heavy atom. The highest BCUT2D eigenvalue weighted by atomic mass is 32.2. The third-order valence-corrected chi connectivity index (χ3v) is 4.45. The van der Waals surface area contributed by atoms with Crippen LogP contribution in [0.1, 0.15) is 20.3 Å². The number of rotatable bonds is 9. The highest BCUT2D eigenvalue weighted by molar-refractivity contribution is 7.89. The molecule has 0 bridgehead atoms. The van der Waals surface area contributed by atoms with Crippen LogP contribution in [0.25, 0.3) is 0 Å². The maximum absolute atomic E-state index is 12.3. The molecule has 6 nitrogen and oxygen atoms in total. The van der Waals surface area contributed by atoms with Crippen molar-refractivity contribution < 1.29 is 8.42 Å². The monoisotopic (exact) mass is 300 g/mol. The van der Waals surface area contributed by atoms with Crippen LogP contribution in [0.4, 0.5) is 5.69 Å². The molecular formula is C13H24N4O2S. The number of hydrogen-bond donors (Lipinski definition) is 2. The predicted molar refractivity (Wildman–Crippen MR) is 81.4 cm³/mol. The first kappa shape index (κ1) is 16.9. The molecule has 0 unspecified atom stereocenters. The second kappa shape index (κ2) is 8.18. The Morgan fingerprint density at radius 1 is 1.30 bits per heavy atom. The normalized spacial score (nSPS) is 11.8. The van der Waals surface area contributed by atoms with Crippen molar-refractivity contribution in [2.75, 3.05) is 38.5 Å². The minimum absolute atomic E-state index is 0.201. The van der Waals surface area contributed by atoms with Gasteiger partial charge in [0.2, 0.25) is 10.0 Å². The number of hydrogen-bond acceptors (Lipinski definition) is 5. The fourth-order valence-electron chi connectivity index (χ4n) is 1.61. The summed E-state index contributed by atoms with van der Waals surface area (Å²) in [5, 5.41) is 3.11. The molecule has 1 heterocycles. The van der Waals surface area contributed by atoms with Crippen molar-refractivity contribution in [3.63, 3.8) is 0 Å². The van der Waals surface area contributed by atoms with Gasteiger partial charge in [0, 0.05) is 32.0 Å². The molecule has 0 spiro atoms. The molecule has 20 heavy (non-hydrogen) atoms. The van der Waals surface area contributed by atoms with E-state index in [1.54, 1.807) is 12.3 Å². The molecule has 0 aliphatic rings. The van der Waals surface area contributed by atoms with E-state index in [9.17, 15) is 8.42 Å². The molecule has 0 amide bonds. The lowest BCUT2D eigenvalue weighted by molar-refractivity contribution is 0.358. The molecule has 114 valence electrons. The summed E-state index contributed by atoms with van der Waals surface area (Å²) in [7, 11) is -1.58. The number of anilines is 1. The van der Waals surface area contributed by atoms with Gasteiger partial charge in [-0.05, 0) is 26.1 Å². The molecule has 0 aromatic carbocycles. The van der Waals surface area contributed by atoms with Crippen LogP contribution in [0.3, 0.4) is 0 Å². The van der Waals surface area contributed by atoms with Gasteiger partial charge in [-0.1, -0.05) is 13.8 Å². The van der Waals surface area contributed by atoms with Crippen LogP contribution >= 0.6 is 0 Å². The van der Waals surface area contributed by atoms with Gasteiger partial charge in [0.1, 0.15) is 4.90 Å². The summed E-state index contributed by atoms with van der Waals surface area (Å²) in [5.41, 5.74) is 0.596. The molecule has 1 aromatic heterocycles. The molecule has 7 heteroatoms. The second-order valence-electron chi connectivity index (χ2n) is 4.59. The highest BCUT2D eigenvalue weighted by Gasteiger charge is 2.18. The van der Waals surface area contributed by atoms with Gasteiger partial charge in [0.15, 0.2) is 0 Å². The van der Waals surface area contributed by atoms with Crippen molar-refractivity contribution in [2.45, 2.75) is 25.2 Å². The first-order chi connectivity index (χ1) is 9.51. The van der Waals surface area contributed by atoms with Gasteiger partial charge in [-0.3, -0.25) is 4.98 Å². The molecule has 0 aliphatic carbocycles. The van der Waals surface area contributed by atoms with E-state index in [0.717, 1.165) is 19.5 Å². The van der Waals surface area contributed by atoms with Crippen molar-refractivity contribution in [2.24, 2.45) is 0 Å². The van der Waals surface area contributed by atoms with Crippen LogP contribution in [0.5, 0.6) is 0 Å². The molecule has 1 rings (SSSR count). The molecule has 0 saturated carbocycles. The summed E-state index contributed by atoms with van der Waals surface area (Å²) in [6.07, 6.45) is 3.89. The third-order valence-electron chi connectivity index (χ3n) is 2.96. The number of nitrogens with one attached hydrogen (secondary N) is 2. The van der Waals surface area contributed by atoms with Gasteiger partial charge in [-0.15, -0.1) is 0 Å². The third kappa shape index (κ3) is 5.07. The summed E-state index contributed by atoms with van der Waals surface area (Å²) >= 11 is 0. The molecule has 2 N–H and O–H groups in total. The molecule has 0 radical (unpaired) electrons. The van der Waals surface area contributed by atoms with Crippen LogP contribution in [0.15, 0.2) is 23.4 Å². The summed E-state index contributed by atoms with van der Waals surface area (Å²) < 4.78 is 27.2. The molecule has 0 fully saturated rings. The number of pyridine rings is 1. The minimum Gasteiger partial charge on any atom is -0.384 e. The van der Waals surface area contributed by atoms with Gasteiger partial charge >= 0.3 is 0 Å². The fraction of sp³-hybridized carbons (Fsp3) is 0.615. The van der Waals surface area contributed by atoms with Crippen molar-refractivity contribution in [1.29, 1.82) is 0 Å². The molecular weight excluding hydrogens is 276 g/mol. The topological polar surface area (TPSA) is 74.3 Å². The Labute approximate surface area is 121 Å². The van der Waals surface area contributed by atoms with E-state index in [0.29, 0.717) is 18.8 Å². The largest absolute Gasteiger partial charge is 0.384 e. The van der Waals surface area contributed by atoms with Crippen molar-refractivity contribution >= 4 is 15.7 Å². The number of likely N-dealkylation sites (N-methyl/N-ethyl adjacent to an activating group) is 1. The van der Waals surface area contributed by atoms with Gasteiger partial charge in [-0.2, -0.15) is 0 Å². The van der Waals surface area contributed by atoms with E-state index in [-0.39, 0.29) is 4.90 Å². The van der Waals surface area contributed by atoms with E-state index in [1.165, 1.54) is 6.20 Å². The first-order valence-electron chi connectivity index (χ1n) is 6.87. The lowest BCUT2D eigenvalue weighted by Gasteiger charge is -2.15. The zero-order valence-electron chi connectivity index (χ0n) is 12.4.